The molecule has 1 heterocycles. The fourth-order valence-electron chi connectivity index (χ4n) is 3.45. The second-order valence-electron chi connectivity index (χ2n) is 7.06. The number of fused-ring (bicyclic) bond motifs is 1. The first-order valence-corrected chi connectivity index (χ1v) is 10.7. The number of thioether (sulfide) groups is 1. The van der Waals surface area contributed by atoms with E-state index in [2.05, 4.69) is 10.2 Å². The number of non-ortho nitro benzene ring substituents is 1. The Morgan fingerprint density at radius 3 is 2.71 bits per heavy atom. The molecule has 1 aliphatic heterocycles. The lowest BCUT2D eigenvalue weighted by Crippen LogP contribution is -2.31. The monoisotopic (exact) mass is 432 g/mol. The summed E-state index contributed by atoms with van der Waals surface area (Å²) in [7, 11) is 0. The second kappa shape index (κ2) is 9.09. The molecule has 0 radical (unpaired) electrons. The summed E-state index contributed by atoms with van der Waals surface area (Å²) in [6, 6.07) is 20.3. The van der Waals surface area contributed by atoms with Gasteiger partial charge in [0.2, 0.25) is 5.91 Å². The van der Waals surface area contributed by atoms with E-state index >= 15 is 0 Å². The number of amides is 1. The van der Waals surface area contributed by atoms with Crippen molar-refractivity contribution in [1.82, 2.24) is 4.90 Å². The molecule has 1 amide bonds. The van der Waals surface area contributed by atoms with Crippen LogP contribution in [0, 0.1) is 10.1 Å². The Hall–Kier alpha value is -3.52. The predicted molar refractivity (Wildman–Crippen MR) is 124 cm³/mol. The minimum atomic E-state index is -0.452. The first-order chi connectivity index (χ1) is 15.1. The van der Waals surface area contributed by atoms with E-state index in [1.165, 1.54) is 30.1 Å². The molecular formula is C23H20N4O3S. The third-order valence-electron chi connectivity index (χ3n) is 5.03. The molecule has 1 fully saturated rings. The van der Waals surface area contributed by atoms with Crippen LogP contribution in [0.2, 0.25) is 0 Å². The number of hydrogen-bond acceptors (Lipinski definition) is 6. The van der Waals surface area contributed by atoms with Gasteiger partial charge < -0.3 is 0 Å². The summed E-state index contributed by atoms with van der Waals surface area (Å²) in [4.78, 5) is 25.1. The van der Waals surface area contributed by atoms with Crippen molar-refractivity contribution in [2.75, 3.05) is 0 Å². The molecule has 8 heteroatoms. The molecule has 7 nitrogen and oxygen atoms in total. The SMILES string of the molecule is CC[C@@H]1S/C(=N/N=C\c2cccc([N+](=O)[O-])c2)N(Cc2cccc3ccccc23)C1=O. The highest BCUT2D eigenvalue weighted by atomic mass is 32.2. The van der Waals surface area contributed by atoms with E-state index < -0.39 is 4.92 Å². The lowest BCUT2D eigenvalue weighted by Gasteiger charge is -2.17. The molecule has 156 valence electrons. The molecule has 0 spiro atoms. The summed E-state index contributed by atoms with van der Waals surface area (Å²) in [6.45, 7) is 2.38. The molecule has 0 N–H and O–H groups in total. The van der Waals surface area contributed by atoms with E-state index in [9.17, 15) is 14.9 Å². The molecule has 3 aromatic carbocycles. The molecular weight excluding hydrogens is 412 g/mol. The first kappa shape index (κ1) is 20.7. The molecule has 1 saturated heterocycles. The Labute approximate surface area is 183 Å². The summed E-state index contributed by atoms with van der Waals surface area (Å²) in [6.07, 6.45) is 2.16. The molecule has 0 aromatic heterocycles. The van der Waals surface area contributed by atoms with Crippen LogP contribution < -0.4 is 0 Å². The predicted octanol–water partition coefficient (Wildman–Crippen LogP) is 4.99. The van der Waals surface area contributed by atoms with Crippen molar-refractivity contribution in [3.8, 4) is 0 Å². The molecule has 1 aliphatic rings. The van der Waals surface area contributed by atoms with E-state index in [0.717, 1.165) is 16.3 Å². The number of nitro benzene ring substituents is 1. The van der Waals surface area contributed by atoms with Crippen LogP contribution in [-0.4, -0.2) is 32.4 Å². The zero-order valence-electron chi connectivity index (χ0n) is 16.8. The van der Waals surface area contributed by atoms with Gasteiger partial charge in [0.05, 0.1) is 22.9 Å². The van der Waals surface area contributed by atoms with Gasteiger partial charge in [0.1, 0.15) is 0 Å². The maximum Gasteiger partial charge on any atom is 0.270 e. The van der Waals surface area contributed by atoms with Gasteiger partial charge in [0.15, 0.2) is 5.17 Å². The summed E-state index contributed by atoms with van der Waals surface area (Å²) >= 11 is 1.40. The first-order valence-electron chi connectivity index (χ1n) is 9.87. The van der Waals surface area contributed by atoms with Crippen LogP contribution in [0.4, 0.5) is 5.69 Å². The van der Waals surface area contributed by atoms with Gasteiger partial charge >= 0.3 is 0 Å². The molecule has 1 atom stereocenters. The number of carbonyl (C=O) groups is 1. The van der Waals surface area contributed by atoms with Gasteiger partial charge in [-0.2, -0.15) is 5.10 Å². The van der Waals surface area contributed by atoms with Crippen LogP contribution in [0.1, 0.15) is 24.5 Å². The van der Waals surface area contributed by atoms with E-state index in [4.69, 9.17) is 0 Å². The molecule has 0 bridgehead atoms. The van der Waals surface area contributed by atoms with Gasteiger partial charge in [-0.25, -0.2) is 0 Å². The summed E-state index contributed by atoms with van der Waals surface area (Å²) in [5.74, 6) is 0.0183. The Balaban J connectivity index is 1.61. The van der Waals surface area contributed by atoms with Gasteiger partial charge in [-0.05, 0) is 22.8 Å². The maximum atomic E-state index is 12.9. The zero-order chi connectivity index (χ0) is 21.8. The Morgan fingerprint density at radius 1 is 1.13 bits per heavy atom. The van der Waals surface area contributed by atoms with Crippen LogP contribution in [0.15, 0.2) is 76.9 Å². The van der Waals surface area contributed by atoms with Gasteiger partial charge in [-0.15, -0.1) is 5.10 Å². The van der Waals surface area contributed by atoms with Gasteiger partial charge in [0, 0.05) is 17.7 Å². The summed E-state index contributed by atoms with van der Waals surface area (Å²) in [5.41, 5.74) is 1.60. The quantitative estimate of drug-likeness (QED) is 0.312. The number of nitro groups is 1. The second-order valence-corrected chi connectivity index (χ2v) is 8.23. The highest BCUT2D eigenvalue weighted by Crippen LogP contribution is 2.32. The largest absolute Gasteiger partial charge is 0.284 e. The third-order valence-corrected chi connectivity index (χ3v) is 6.36. The zero-order valence-corrected chi connectivity index (χ0v) is 17.7. The number of carbonyl (C=O) groups excluding carboxylic acids is 1. The van der Waals surface area contributed by atoms with Crippen molar-refractivity contribution < 1.29 is 9.72 Å². The van der Waals surface area contributed by atoms with Gasteiger partial charge in [0.25, 0.3) is 5.69 Å². The fourth-order valence-corrected chi connectivity index (χ4v) is 4.48. The minimum absolute atomic E-state index is 0.00866. The van der Waals surface area contributed by atoms with Crippen molar-refractivity contribution in [2.24, 2.45) is 10.2 Å². The average Bonchev–Trinajstić information content (AvgIpc) is 3.09. The normalized spacial score (nSPS) is 17.8. The smallest absolute Gasteiger partial charge is 0.270 e. The van der Waals surface area contributed by atoms with Crippen molar-refractivity contribution in [1.29, 1.82) is 0 Å². The van der Waals surface area contributed by atoms with Crippen LogP contribution in [-0.2, 0) is 11.3 Å². The fraction of sp³-hybridized carbons (Fsp3) is 0.174. The maximum absolute atomic E-state index is 12.9. The molecule has 3 aromatic rings. The van der Waals surface area contributed by atoms with Gasteiger partial charge in [-0.3, -0.25) is 19.8 Å². The average molecular weight is 433 g/mol. The van der Waals surface area contributed by atoms with E-state index in [0.29, 0.717) is 23.7 Å². The van der Waals surface area contributed by atoms with Crippen LogP contribution in [0.25, 0.3) is 10.8 Å². The van der Waals surface area contributed by atoms with E-state index in [1.54, 1.807) is 17.0 Å². The highest BCUT2D eigenvalue weighted by Gasteiger charge is 2.37. The van der Waals surface area contributed by atoms with Crippen LogP contribution in [0.5, 0.6) is 0 Å². The van der Waals surface area contributed by atoms with Crippen molar-refractivity contribution in [3.63, 3.8) is 0 Å². The molecule has 31 heavy (non-hydrogen) atoms. The molecule has 0 saturated carbocycles. The molecule has 0 unspecified atom stereocenters. The van der Waals surface area contributed by atoms with E-state index in [1.807, 2.05) is 49.4 Å². The summed E-state index contributed by atoms with van der Waals surface area (Å²) < 4.78 is 0. The number of benzene rings is 3. The third kappa shape index (κ3) is 4.49. The molecule has 0 aliphatic carbocycles. The van der Waals surface area contributed by atoms with Crippen LogP contribution in [0.3, 0.4) is 0 Å². The molecule has 4 rings (SSSR count). The highest BCUT2D eigenvalue weighted by molar-refractivity contribution is 8.15. The lowest BCUT2D eigenvalue weighted by atomic mass is 10.0. The Kier molecular flexibility index (Phi) is 6.08. The van der Waals surface area contributed by atoms with Crippen molar-refractivity contribution in [2.45, 2.75) is 25.1 Å². The number of nitrogens with zero attached hydrogens (tertiary/aromatic N) is 4. The topological polar surface area (TPSA) is 88.2 Å². The standard InChI is InChI=1S/C23H20N4O3S/c1-2-21-22(28)26(15-18-10-6-9-17-8-3-4-12-20(17)18)23(31-21)25-24-14-16-7-5-11-19(13-16)27(29)30/h3-14,21H,2,15H2,1H3/b24-14-,25-23+/t21-/m0/s1. The van der Waals surface area contributed by atoms with Gasteiger partial charge in [-0.1, -0.05) is 73.3 Å². The number of amidine groups is 1. The van der Waals surface area contributed by atoms with Crippen molar-refractivity contribution in [3.05, 3.63) is 88.0 Å². The lowest BCUT2D eigenvalue weighted by molar-refractivity contribution is -0.384. The van der Waals surface area contributed by atoms with Crippen LogP contribution >= 0.6 is 11.8 Å². The number of rotatable bonds is 6. The van der Waals surface area contributed by atoms with Crippen molar-refractivity contribution >= 4 is 45.5 Å². The Morgan fingerprint density at radius 2 is 1.90 bits per heavy atom. The van der Waals surface area contributed by atoms with E-state index in [-0.39, 0.29) is 16.8 Å². The minimum Gasteiger partial charge on any atom is -0.284 e. The Bertz CT molecular complexity index is 1200. The summed E-state index contributed by atoms with van der Waals surface area (Å²) in [5, 5.41) is 21.9. The number of hydrogen-bond donors (Lipinski definition) is 0.